The molecule has 4 rings (SSSR count). The largest absolute Gasteiger partial charge is 0.435 e. The minimum atomic E-state index is -0.223. The molecule has 5 nitrogen and oxygen atoms in total. The molecule has 6 heteroatoms. The molecular formula is C15H9N3O2S. The van der Waals surface area contributed by atoms with Crippen molar-refractivity contribution in [3.63, 3.8) is 0 Å². The summed E-state index contributed by atoms with van der Waals surface area (Å²) in [6.45, 7) is 0. The highest BCUT2D eigenvalue weighted by molar-refractivity contribution is 7.13. The SMILES string of the molecule is O=c1ccc(-c2ccc3nc(-c4cccs4)oc3c2)n[nH]1. The number of benzene rings is 1. The van der Waals surface area contributed by atoms with Crippen LogP contribution in [0.3, 0.4) is 0 Å². The number of aromatic amines is 1. The molecule has 0 bridgehead atoms. The lowest BCUT2D eigenvalue weighted by Crippen LogP contribution is -2.05. The number of nitrogens with one attached hydrogen (secondary N) is 1. The van der Waals surface area contributed by atoms with E-state index in [0.29, 0.717) is 17.2 Å². The van der Waals surface area contributed by atoms with Crippen molar-refractivity contribution in [2.24, 2.45) is 0 Å². The number of aromatic nitrogens is 3. The summed E-state index contributed by atoms with van der Waals surface area (Å²) in [7, 11) is 0. The molecule has 0 radical (unpaired) electrons. The average Bonchev–Trinajstić information content (AvgIpc) is 3.16. The summed E-state index contributed by atoms with van der Waals surface area (Å²) in [5.41, 5.74) is 2.83. The molecule has 0 saturated heterocycles. The van der Waals surface area contributed by atoms with Gasteiger partial charge in [0.2, 0.25) is 5.89 Å². The van der Waals surface area contributed by atoms with Crippen LogP contribution in [0.25, 0.3) is 33.1 Å². The molecule has 0 aliphatic heterocycles. The van der Waals surface area contributed by atoms with Crippen LogP contribution in [-0.2, 0) is 0 Å². The van der Waals surface area contributed by atoms with Crippen molar-refractivity contribution in [3.8, 4) is 22.0 Å². The van der Waals surface area contributed by atoms with Crippen molar-refractivity contribution in [1.82, 2.24) is 15.2 Å². The van der Waals surface area contributed by atoms with Crippen LogP contribution in [0, 0.1) is 0 Å². The highest BCUT2D eigenvalue weighted by atomic mass is 32.1. The summed E-state index contributed by atoms with van der Waals surface area (Å²) in [5, 5.41) is 8.42. The van der Waals surface area contributed by atoms with E-state index < -0.39 is 0 Å². The van der Waals surface area contributed by atoms with E-state index in [2.05, 4.69) is 15.2 Å². The van der Waals surface area contributed by atoms with E-state index in [4.69, 9.17) is 4.42 Å². The van der Waals surface area contributed by atoms with Crippen molar-refractivity contribution in [2.45, 2.75) is 0 Å². The van der Waals surface area contributed by atoms with Gasteiger partial charge in [-0.3, -0.25) is 4.79 Å². The highest BCUT2D eigenvalue weighted by Crippen LogP contribution is 2.29. The van der Waals surface area contributed by atoms with Gasteiger partial charge in [0.05, 0.1) is 10.6 Å². The van der Waals surface area contributed by atoms with Gasteiger partial charge in [0, 0.05) is 11.6 Å². The quantitative estimate of drug-likeness (QED) is 0.616. The third-order valence-corrected chi connectivity index (χ3v) is 3.95. The molecule has 102 valence electrons. The molecule has 0 spiro atoms. The summed E-state index contributed by atoms with van der Waals surface area (Å²) in [4.78, 5) is 16.5. The molecular weight excluding hydrogens is 286 g/mol. The van der Waals surface area contributed by atoms with Crippen molar-refractivity contribution < 1.29 is 4.42 Å². The first kappa shape index (κ1) is 12.0. The Kier molecular flexibility index (Phi) is 2.68. The third kappa shape index (κ3) is 2.15. The van der Waals surface area contributed by atoms with Crippen molar-refractivity contribution in [3.05, 3.63) is 58.2 Å². The minimum Gasteiger partial charge on any atom is -0.435 e. The zero-order valence-corrected chi connectivity index (χ0v) is 11.6. The van der Waals surface area contributed by atoms with Gasteiger partial charge in [0.15, 0.2) is 5.58 Å². The maximum absolute atomic E-state index is 11.1. The maximum Gasteiger partial charge on any atom is 0.264 e. The van der Waals surface area contributed by atoms with Crippen LogP contribution in [0.2, 0.25) is 0 Å². The Morgan fingerprint density at radius 2 is 2.10 bits per heavy atom. The standard InChI is InChI=1S/C15H9N3O2S/c19-14-6-5-10(17-18-14)9-3-4-11-12(8-9)20-15(16-11)13-2-1-7-21-13/h1-8H,(H,18,19). The normalized spacial score (nSPS) is 11.0. The van der Waals surface area contributed by atoms with E-state index in [1.807, 2.05) is 35.7 Å². The van der Waals surface area contributed by atoms with Crippen LogP contribution in [0.15, 0.2) is 57.1 Å². The van der Waals surface area contributed by atoms with Gasteiger partial charge in [0.25, 0.3) is 5.56 Å². The summed E-state index contributed by atoms with van der Waals surface area (Å²) >= 11 is 1.59. The van der Waals surface area contributed by atoms with Gasteiger partial charge in [-0.25, -0.2) is 10.1 Å². The van der Waals surface area contributed by atoms with Crippen LogP contribution in [0.4, 0.5) is 0 Å². The maximum atomic E-state index is 11.1. The van der Waals surface area contributed by atoms with Crippen LogP contribution >= 0.6 is 11.3 Å². The van der Waals surface area contributed by atoms with Gasteiger partial charge in [0.1, 0.15) is 5.52 Å². The number of thiophene rings is 1. The molecule has 0 aliphatic rings. The number of hydrogen-bond acceptors (Lipinski definition) is 5. The summed E-state index contributed by atoms with van der Waals surface area (Å²) in [6, 6.07) is 12.7. The predicted octanol–water partition coefficient (Wildman–Crippen LogP) is 3.31. The second-order valence-corrected chi connectivity index (χ2v) is 5.43. The van der Waals surface area contributed by atoms with Gasteiger partial charge in [-0.1, -0.05) is 12.1 Å². The van der Waals surface area contributed by atoms with E-state index in [-0.39, 0.29) is 5.56 Å². The molecule has 1 N–H and O–H groups in total. The highest BCUT2D eigenvalue weighted by Gasteiger charge is 2.10. The monoisotopic (exact) mass is 295 g/mol. The van der Waals surface area contributed by atoms with Crippen LogP contribution < -0.4 is 5.56 Å². The molecule has 3 aromatic heterocycles. The van der Waals surface area contributed by atoms with Crippen LogP contribution in [0.1, 0.15) is 0 Å². The first-order valence-corrected chi connectivity index (χ1v) is 7.18. The molecule has 3 heterocycles. The average molecular weight is 295 g/mol. The molecule has 0 atom stereocenters. The number of H-pyrrole nitrogens is 1. The fourth-order valence-corrected chi connectivity index (χ4v) is 2.74. The Hall–Kier alpha value is -2.73. The van der Waals surface area contributed by atoms with Crippen molar-refractivity contribution >= 4 is 22.4 Å². The third-order valence-electron chi connectivity index (χ3n) is 3.10. The van der Waals surface area contributed by atoms with Gasteiger partial charge < -0.3 is 4.42 Å². The van der Waals surface area contributed by atoms with Gasteiger partial charge in [-0.2, -0.15) is 5.10 Å². The van der Waals surface area contributed by atoms with E-state index in [0.717, 1.165) is 16.0 Å². The molecule has 0 amide bonds. The van der Waals surface area contributed by atoms with E-state index >= 15 is 0 Å². The Morgan fingerprint density at radius 3 is 2.86 bits per heavy atom. The van der Waals surface area contributed by atoms with Gasteiger partial charge in [-0.15, -0.1) is 11.3 Å². The second kappa shape index (κ2) is 4.68. The number of fused-ring (bicyclic) bond motifs is 1. The molecule has 0 saturated carbocycles. The molecule has 4 aromatic rings. The van der Waals surface area contributed by atoms with Crippen molar-refractivity contribution in [1.29, 1.82) is 0 Å². The Bertz CT molecular complexity index is 950. The fourth-order valence-electron chi connectivity index (χ4n) is 2.09. The lowest BCUT2D eigenvalue weighted by Gasteiger charge is -1.98. The Balaban J connectivity index is 1.82. The first-order chi connectivity index (χ1) is 10.3. The summed E-state index contributed by atoms with van der Waals surface area (Å²) in [6.07, 6.45) is 0. The summed E-state index contributed by atoms with van der Waals surface area (Å²) in [5.74, 6) is 0.617. The zero-order valence-electron chi connectivity index (χ0n) is 10.7. The molecule has 21 heavy (non-hydrogen) atoms. The molecule has 0 aliphatic carbocycles. The molecule has 1 aromatic carbocycles. The topological polar surface area (TPSA) is 71.8 Å². The second-order valence-electron chi connectivity index (χ2n) is 4.49. The molecule has 0 unspecified atom stereocenters. The number of hydrogen-bond donors (Lipinski definition) is 1. The van der Waals surface area contributed by atoms with Crippen molar-refractivity contribution in [2.75, 3.05) is 0 Å². The van der Waals surface area contributed by atoms with E-state index in [1.165, 1.54) is 6.07 Å². The van der Waals surface area contributed by atoms with E-state index in [1.54, 1.807) is 17.4 Å². The smallest absolute Gasteiger partial charge is 0.264 e. The zero-order chi connectivity index (χ0) is 14.2. The van der Waals surface area contributed by atoms with E-state index in [9.17, 15) is 4.79 Å². The summed E-state index contributed by atoms with van der Waals surface area (Å²) < 4.78 is 5.80. The fraction of sp³-hybridized carbons (Fsp3) is 0. The minimum absolute atomic E-state index is 0.223. The lowest BCUT2D eigenvalue weighted by atomic mass is 10.1. The van der Waals surface area contributed by atoms with Crippen LogP contribution in [-0.4, -0.2) is 15.2 Å². The Morgan fingerprint density at radius 1 is 1.14 bits per heavy atom. The predicted molar refractivity (Wildman–Crippen MR) is 81.2 cm³/mol. The number of rotatable bonds is 2. The first-order valence-electron chi connectivity index (χ1n) is 6.30. The Labute approximate surface area is 122 Å². The van der Waals surface area contributed by atoms with Gasteiger partial charge in [-0.05, 0) is 29.6 Å². The molecule has 0 fully saturated rings. The number of nitrogens with zero attached hydrogens (tertiary/aromatic N) is 2. The van der Waals surface area contributed by atoms with Gasteiger partial charge >= 0.3 is 0 Å². The number of oxazole rings is 1. The lowest BCUT2D eigenvalue weighted by molar-refractivity contribution is 0.622. The van der Waals surface area contributed by atoms with Crippen LogP contribution in [0.5, 0.6) is 0 Å².